The second-order valence-corrected chi connectivity index (χ2v) is 5.37. The van der Waals surface area contributed by atoms with E-state index in [0.717, 1.165) is 12.1 Å². The molecule has 0 aliphatic heterocycles. The van der Waals surface area contributed by atoms with Crippen LogP contribution in [0.3, 0.4) is 0 Å². The Morgan fingerprint density at radius 2 is 1.87 bits per heavy atom. The molecule has 1 atom stereocenters. The van der Waals surface area contributed by atoms with Crippen LogP contribution in [0.5, 0.6) is 5.75 Å². The lowest BCUT2D eigenvalue weighted by Crippen LogP contribution is -2.38. The summed E-state index contributed by atoms with van der Waals surface area (Å²) < 4.78 is 42.4. The van der Waals surface area contributed by atoms with Crippen LogP contribution < -0.4 is 10.1 Å². The third-order valence-electron chi connectivity index (χ3n) is 3.51. The molecule has 0 radical (unpaired) electrons. The topological polar surface area (TPSA) is 58.6 Å². The van der Waals surface area contributed by atoms with Crippen LogP contribution in [-0.4, -0.2) is 30.3 Å². The zero-order chi connectivity index (χ0) is 16.9. The van der Waals surface area contributed by atoms with Gasteiger partial charge in [-0.2, -0.15) is 13.2 Å². The molecule has 1 aliphatic rings. The number of halogens is 3. The van der Waals surface area contributed by atoms with Gasteiger partial charge >= 0.3 is 6.18 Å². The van der Waals surface area contributed by atoms with Crippen LogP contribution in [-0.2, 0) is 11.0 Å². The molecule has 0 spiro atoms. The summed E-state index contributed by atoms with van der Waals surface area (Å²) in [6.45, 7) is -0.0788. The van der Waals surface area contributed by atoms with Gasteiger partial charge in [-0.3, -0.25) is 4.79 Å². The van der Waals surface area contributed by atoms with Crippen molar-refractivity contribution in [1.29, 1.82) is 0 Å². The van der Waals surface area contributed by atoms with E-state index in [0.29, 0.717) is 12.8 Å². The van der Waals surface area contributed by atoms with Crippen molar-refractivity contribution in [1.82, 2.24) is 5.32 Å². The fourth-order valence-corrected chi connectivity index (χ4v) is 2.19. The van der Waals surface area contributed by atoms with Crippen molar-refractivity contribution in [2.24, 2.45) is 5.92 Å². The molecule has 23 heavy (non-hydrogen) atoms. The number of rotatable bonds is 6. The molecular weight excluding hydrogens is 311 g/mol. The van der Waals surface area contributed by atoms with Crippen LogP contribution in [0.15, 0.2) is 36.4 Å². The maximum Gasteiger partial charge on any atom is 0.416 e. The number of carbonyl (C=O) groups is 1. The SMILES string of the molecule is O=C(NCC(O)COc1ccc(C(F)(F)F)cc1)C1CC=CC1. The summed E-state index contributed by atoms with van der Waals surface area (Å²) in [5, 5.41) is 12.4. The van der Waals surface area contributed by atoms with E-state index in [1.165, 1.54) is 12.1 Å². The molecule has 1 amide bonds. The number of alkyl halides is 3. The van der Waals surface area contributed by atoms with Crippen LogP contribution in [0.4, 0.5) is 13.2 Å². The smallest absolute Gasteiger partial charge is 0.416 e. The molecule has 0 aromatic heterocycles. The number of hydrogen-bond acceptors (Lipinski definition) is 3. The zero-order valence-electron chi connectivity index (χ0n) is 12.3. The molecule has 1 aromatic rings. The number of carbonyl (C=O) groups excluding carboxylic acids is 1. The van der Waals surface area contributed by atoms with Gasteiger partial charge in [-0.1, -0.05) is 12.2 Å². The molecule has 2 N–H and O–H groups in total. The predicted octanol–water partition coefficient (Wildman–Crippen LogP) is 2.53. The minimum absolute atomic E-state index is 0.0377. The summed E-state index contributed by atoms with van der Waals surface area (Å²) in [5.74, 6) is 0.0185. The zero-order valence-corrected chi connectivity index (χ0v) is 12.3. The highest BCUT2D eigenvalue weighted by atomic mass is 19.4. The van der Waals surface area contributed by atoms with Gasteiger partial charge in [-0.25, -0.2) is 0 Å². The summed E-state index contributed by atoms with van der Waals surface area (Å²) in [5.41, 5.74) is -0.761. The average Bonchev–Trinajstić information content (AvgIpc) is 3.04. The van der Waals surface area contributed by atoms with Crippen molar-refractivity contribution in [2.45, 2.75) is 25.1 Å². The number of amides is 1. The molecule has 2 rings (SSSR count). The van der Waals surface area contributed by atoms with Gasteiger partial charge < -0.3 is 15.2 Å². The number of nitrogens with one attached hydrogen (secondary N) is 1. The van der Waals surface area contributed by atoms with Crippen molar-refractivity contribution >= 4 is 5.91 Å². The highest BCUT2D eigenvalue weighted by molar-refractivity contribution is 5.79. The monoisotopic (exact) mass is 329 g/mol. The number of benzene rings is 1. The van der Waals surface area contributed by atoms with Gasteiger partial charge in [-0.05, 0) is 37.1 Å². The highest BCUT2D eigenvalue weighted by Crippen LogP contribution is 2.30. The third-order valence-corrected chi connectivity index (χ3v) is 3.51. The van der Waals surface area contributed by atoms with Crippen LogP contribution in [0, 0.1) is 5.92 Å². The number of aliphatic hydroxyl groups is 1. The molecule has 0 bridgehead atoms. The van der Waals surface area contributed by atoms with Gasteiger partial charge in [0.1, 0.15) is 18.5 Å². The second kappa shape index (κ2) is 7.50. The van der Waals surface area contributed by atoms with Crippen molar-refractivity contribution in [2.75, 3.05) is 13.2 Å². The molecule has 1 aliphatic carbocycles. The summed E-state index contributed by atoms with van der Waals surface area (Å²) in [6.07, 6.45) is -0.0515. The third kappa shape index (κ3) is 5.28. The van der Waals surface area contributed by atoms with E-state index in [-0.39, 0.29) is 30.7 Å². The van der Waals surface area contributed by atoms with Gasteiger partial charge in [0.15, 0.2) is 0 Å². The van der Waals surface area contributed by atoms with E-state index >= 15 is 0 Å². The van der Waals surface area contributed by atoms with Crippen molar-refractivity contribution < 1.29 is 27.8 Å². The van der Waals surface area contributed by atoms with Gasteiger partial charge in [-0.15, -0.1) is 0 Å². The van der Waals surface area contributed by atoms with Crippen molar-refractivity contribution in [3.05, 3.63) is 42.0 Å². The molecule has 7 heteroatoms. The minimum Gasteiger partial charge on any atom is -0.491 e. The molecule has 0 saturated carbocycles. The molecule has 0 fully saturated rings. The Kier molecular flexibility index (Phi) is 5.65. The lowest BCUT2D eigenvalue weighted by Gasteiger charge is -2.15. The molecule has 4 nitrogen and oxygen atoms in total. The van der Waals surface area contributed by atoms with Crippen molar-refractivity contribution in [3.8, 4) is 5.75 Å². The predicted molar refractivity (Wildman–Crippen MR) is 77.8 cm³/mol. The summed E-state index contributed by atoms with van der Waals surface area (Å²) in [7, 11) is 0. The summed E-state index contributed by atoms with van der Waals surface area (Å²) >= 11 is 0. The number of ether oxygens (including phenoxy) is 1. The first kappa shape index (κ1) is 17.3. The summed E-state index contributed by atoms with van der Waals surface area (Å²) in [6, 6.07) is 4.21. The molecule has 126 valence electrons. The van der Waals surface area contributed by atoms with E-state index in [2.05, 4.69) is 5.32 Å². The Morgan fingerprint density at radius 1 is 1.26 bits per heavy atom. The Hall–Kier alpha value is -2.02. The van der Waals surface area contributed by atoms with Gasteiger partial charge in [0, 0.05) is 12.5 Å². The van der Waals surface area contributed by atoms with E-state index in [1.807, 2.05) is 12.2 Å². The van der Waals surface area contributed by atoms with E-state index < -0.39 is 17.8 Å². The normalized spacial score (nSPS) is 16.3. The Bertz CT molecular complexity index is 547. The van der Waals surface area contributed by atoms with Crippen LogP contribution in [0.2, 0.25) is 0 Å². The second-order valence-electron chi connectivity index (χ2n) is 5.37. The lowest BCUT2D eigenvalue weighted by molar-refractivity contribution is -0.137. The van der Waals surface area contributed by atoms with Gasteiger partial charge in [0.2, 0.25) is 5.91 Å². The highest BCUT2D eigenvalue weighted by Gasteiger charge is 2.30. The van der Waals surface area contributed by atoms with E-state index in [4.69, 9.17) is 4.74 Å². The van der Waals surface area contributed by atoms with Crippen LogP contribution in [0.1, 0.15) is 18.4 Å². The fourth-order valence-electron chi connectivity index (χ4n) is 2.19. The van der Waals surface area contributed by atoms with Gasteiger partial charge in [0.25, 0.3) is 0 Å². The van der Waals surface area contributed by atoms with Crippen LogP contribution in [0.25, 0.3) is 0 Å². The molecule has 0 saturated heterocycles. The van der Waals surface area contributed by atoms with E-state index in [9.17, 15) is 23.1 Å². The Morgan fingerprint density at radius 3 is 2.43 bits per heavy atom. The van der Waals surface area contributed by atoms with Crippen molar-refractivity contribution in [3.63, 3.8) is 0 Å². The van der Waals surface area contributed by atoms with E-state index in [1.54, 1.807) is 0 Å². The van der Waals surface area contributed by atoms with Gasteiger partial charge in [0.05, 0.1) is 5.56 Å². The summed E-state index contributed by atoms with van der Waals surface area (Å²) in [4.78, 5) is 11.7. The first-order valence-electron chi connectivity index (χ1n) is 7.27. The lowest BCUT2D eigenvalue weighted by atomic mass is 10.1. The number of allylic oxidation sites excluding steroid dienone is 2. The molecule has 0 heterocycles. The number of hydrogen-bond donors (Lipinski definition) is 2. The quantitative estimate of drug-likeness (QED) is 0.789. The molecule has 1 aromatic carbocycles. The maximum atomic E-state index is 12.4. The Balaban J connectivity index is 1.71. The Labute approximate surface area is 132 Å². The molecular formula is C16H18F3NO3. The standard InChI is InChI=1S/C16H18F3NO3/c17-16(18,19)12-5-7-14(8-6-12)23-10-13(21)9-20-15(22)11-3-1-2-4-11/h1-2,5-8,11,13,21H,3-4,9-10H2,(H,20,22). The fraction of sp³-hybridized carbons (Fsp3) is 0.438. The molecule has 1 unspecified atom stereocenters. The maximum absolute atomic E-state index is 12.4. The number of aliphatic hydroxyl groups excluding tert-OH is 1. The largest absolute Gasteiger partial charge is 0.491 e. The first-order valence-corrected chi connectivity index (χ1v) is 7.27. The average molecular weight is 329 g/mol. The van der Waals surface area contributed by atoms with Crippen LogP contribution >= 0.6 is 0 Å². The minimum atomic E-state index is -4.39. The first-order chi connectivity index (χ1) is 10.9.